The second kappa shape index (κ2) is 9.88. The fraction of sp³-hybridized carbons (Fsp3) is 0.833. The highest BCUT2D eigenvalue weighted by Gasteiger charge is 2.14. The molecule has 4 heteroatoms. The molecule has 2 N–H and O–H groups in total. The Morgan fingerprint density at radius 2 is 2.05 bits per heavy atom. The van der Waals surface area contributed by atoms with E-state index in [0.717, 1.165) is 25.5 Å². The lowest BCUT2D eigenvalue weighted by Crippen LogP contribution is -2.41. The lowest BCUT2D eigenvalue weighted by atomic mass is 9.97. The smallest absolute Gasteiger partial charge is 0.190 e. The number of nitrogens with one attached hydrogen (secondary N) is 2. The standard InChI is InChI=1S/C18H34N4/c1-16(15-22-12-6-7-13-22)14-21-18(19-2)20-11-10-17-8-4-3-5-9-17/h8,16H,3-7,9-15H2,1-2H3,(H2,19,20,21). The summed E-state index contributed by atoms with van der Waals surface area (Å²) in [5.41, 5.74) is 1.62. The first kappa shape index (κ1) is 17.3. The zero-order chi connectivity index (χ0) is 15.6. The van der Waals surface area contributed by atoms with Crippen LogP contribution in [0.4, 0.5) is 0 Å². The molecule has 126 valence electrons. The summed E-state index contributed by atoms with van der Waals surface area (Å²) in [5, 5.41) is 6.92. The summed E-state index contributed by atoms with van der Waals surface area (Å²) in [6.45, 7) is 8.09. The highest BCUT2D eigenvalue weighted by atomic mass is 15.2. The molecule has 1 unspecified atom stereocenters. The van der Waals surface area contributed by atoms with Gasteiger partial charge in [-0.1, -0.05) is 18.6 Å². The molecule has 0 aromatic carbocycles. The monoisotopic (exact) mass is 306 g/mol. The van der Waals surface area contributed by atoms with Crippen molar-refractivity contribution < 1.29 is 0 Å². The SMILES string of the molecule is CN=C(NCCC1=CCCCC1)NCC(C)CN1CCCC1. The van der Waals surface area contributed by atoms with E-state index >= 15 is 0 Å². The topological polar surface area (TPSA) is 39.7 Å². The summed E-state index contributed by atoms with van der Waals surface area (Å²) in [5.74, 6) is 1.61. The Bertz CT molecular complexity index is 369. The Hall–Kier alpha value is -1.03. The molecule has 1 atom stereocenters. The largest absolute Gasteiger partial charge is 0.356 e. The molecule has 1 fully saturated rings. The highest BCUT2D eigenvalue weighted by Crippen LogP contribution is 2.19. The second-order valence-corrected chi connectivity index (χ2v) is 6.85. The van der Waals surface area contributed by atoms with Crippen LogP contribution in [0, 0.1) is 5.92 Å². The molecule has 0 amide bonds. The molecule has 0 bridgehead atoms. The van der Waals surface area contributed by atoms with Crippen molar-refractivity contribution in [1.82, 2.24) is 15.5 Å². The average Bonchev–Trinajstić information content (AvgIpc) is 3.04. The van der Waals surface area contributed by atoms with Gasteiger partial charge in [-0.25, -0.2) is 0 Å². The molecule has 2 rings (SSSR count). The third kappa shape index (κ3) is 6.39. The first-order valence-corrected chi connectivity index (χ1v) is 9.12. The number of aliphatic imine (C=N–C) groups is 1. The van der Waals surface area contributed by atoms with Crippen LogP contribution in [0.2, 0.25) is 0 Å². The zero-order valence-corrected chi connectivity index (χ0v) is 14.5. The van der Waals surface area contributed by atoms with Crippen LogP contribution in [0.3, 0.4) is 0 Å². The molecular formula is C18H34N4. The van der Waals surface area contributed by atoms with E-state index in [1.54, 1.807) is 5.57 Å². The Kier molecular flexibility index (Phi) is 7.78. The Morgan fingerprint density at radius 1 is 1.23 bits per heavy atom. The maximum absolute atomic E-state index is 4.34. The summed E-state index contributed by atoms with van der Waals surface area (Å²) < 4.78 is 0. The van der Waals surface area contributed by atoms with Crippen molar-refractivity contribution in [3.05, 3.63) is 11.6 Å². The van der Waals surface area contributed by atoms with Gasteiger partial charge in [-0.2, -0.15) is 0 Å². The quantitative estimate of drug-likeness (QED) is 0.432. The van der Waals surface area contributed by atoms with Crippen LogP contribution < -0.4 is 10.6 Å². The predicted octanol–water partition coefficient (Wildman–Crippen LogP) is 2.77. The van der Waals surface area contributed by atoms with E-state index in [1.165, 1.54) is 58.2 Å². The Labute approximate surface area is 136 Å². The normalized spacial score (nSPS) is 21.5. The van der Waals surface area contributed by atoms with Crippen LogP contribution in [0.15, 0.2) is 16.6 Å². The minimum Gasteiger partial charge on any atom is -0.356 e. The van der Waals surface area contributed by atoms with Gasteiger partial charge in [0.1, 0.15) is 0 Å². The summed E-state index contributed by atoms with van der Waals surface area (Å²) >= 11 is 0. The number of allylic oxidation sites excluding steroid dienone is 1. The molecule has 0 saturated carbocycles. The molecule has 0 aromatic heterocycles. The minimum atomic E-state index is 0.665. The van der Waals surface area contributed by atoms with Crippen molar-refractivity contribution in [2.45, 2.75) is 51.9 Å². The van der Waals surface area contributed by atoms with Gasteiger partial charge in [0.15, 0.2) is 5.96 Å². The van der Waals surface area contributed by atoms with Gasteiger partial charge in [0.25, 0.3) is 0 Å². The molecule has 1 heterocycles. The van der Waals surface area contributed by atoms with Gasteiger partial charge in [-0.3, -0.25) is 4.99 Å². The van der Waals surface area contributed by atoms with Crippen molar-refractivity contribution in [3.63, 3.8) is 0 Å². The summed E-state index contributed by atoms with van der Waals surface area (Å²) in [6, 6.07) is 0. The zero-order valence-electron chi connectivity index (χ0n) is 14.5. The first-order valence-electron chi connectivity index (χ1n) is 9.12. The number of guanidine groups is 1. The fourth-order valence-corrected chi connectivity index (χ4v) is 3.44. The molecule has 0 aromatic rings. The Morgan fingerprint density at radius 3 is 2.73 bits per heavy atom. The van der Waals surface area contributed by atoms with Crippen LogP contribution in [-0.2, 0) is 0 Å². The van der Waals surface area contributed by atoms with Crippen LogP contribution >= 0.6 is 0 Å². The summed E-state index contributed by atoms with van der Waals surface area (Å²) in [6.07, 6.45) is 11.6. The van der Waals surface area contributed by atoms with E-state index in [-0.39, 0.29) is 0 Å². The van der Waals surface area contributed by atoms with E-state index in [1.807, 2.05) is 7.05 Å². The number of likely N-dealkylation sites (tertiary alicyclic amines) is 1. The molecule has 1 aliphatic heterocycles. The van der Waals surface area contributed by atoms with Gasteiger partial charge in [0.05, 0.1) is 0 Å². The van der Waals surface area contributed by atoms with Crippen molar-refractivity contribution >= 4 is 5.96 Å². The van der Waals surface area contributed by atoms with Gasteiger partial charge in [0.2, 0.25) is 0 Å². The van der Waals surface area contributed by atoms with Crippen molar-refractivity contribution in [1.29, 1.82) is 0 Å². The molecular weight excluding hydrogens is 272 g/mol. The maximum Gasteiger partial charge on any atom is 0.190 e. The van der Waals surface area contributed by atoms with E-state index in [2.05, 4.69) is 33.5 Å². The lowest BCUT2D eigenvalue weighted by Gasteiger charge is -2.21. The average molecular weight is 306 g/mol. The van der Waals surface area contributed by atoms with Crippen LogP contribution in [-0.4, -0.2) is 50.6 Å². The molecule has 22 heavy (non-hydrogen) atoms. The van der Waals surface area contributed by atoms with Gasteiger partial charge >= 0.3 is 0 Å². The number of rotatable bonds is 7. The number of hydrogen-bond donors (Lipinski definition) is 2. The third-order valence-corrected chi connectivity index (χ3v) is 4.73. The van der Waals surface area contributed by atoms with Crippen LogP contribution in [0.5, 0.6) is 0 Å². The van der Waals surface area contributed by atoms with Gasteiger partial charge in [-0.05, 0) is 64.0 Å². The van der Waals surface area contributed by atoms with Gasteiger partial charge in [-0.15, -0.1) is 0 Å². The predicted molar refractivity (Wildman–Crippen MR) is 95.4 cm³/mol. The summed E-state index contributed by atoms with van der Waals surface area (Å²) in [4.78, 5) is 6.92. The maximum atomic E-state index is 4.34. The highest BCUT2D eigenvalue weighted by molar-refractivity contribution is 5.79. The van der Waals surface area contributed by atoms with E-state index in [4.69, 9.17) is 0 Å². The molecule has 4 nitrogen and oxygen atoms in total. The van der Waals surface area contributed by atoms with E-state index < -0.39 is 0 Å². The first-order chi connectivity index (χ1) is 10.8. The molecule has 1 saturated heterocycles. The van der Waals surface area contributed by atoms with E-state index in [0.29, 0.717) is 5.92 Å². The van der Waals surface area contributed by atoms with E-state index in [9.17, 15) is 0 Å². The van der Waals surface area contributed by atoms with Crippen molar-refractivity contribution in [2.75, 3.05) is 39.8 Å². The molecule has 0 spiro atoms. The van der Waals surface area contributed by atoms with Gasteiger partial charge < -0.3 is 15.5 Å². The van der Waals surface area contributed by atoms with Crippen molar-refractivity contribution in [3.8, 4) is 0 Å². The summed E-state index contributed by atoms with van der Waals surface area (Å²) in [7, 11) is 1.86. The van der Waals surface area contributed by atoms with Gasteiger partial charge in [0, 0.05) is 26.7 Å². The second-order valence-electron chi connectivity index (χ2n) is 6.85. The fourth-order valence-electron chi connectivity index (χ4n) is 3.44. The minimum absolute atomic E-state index is 0.665. The number of hydrogen-bond acceptors (Lipinski definition) is 2. The molecule has 0 radical (unpaired) electrons. The van der Waals surface area contributed by atoms with Crippen LogP contribution in [0.25, 0.3) is 0 Å². The van der Waals surface area contributed by atoms with Crippen molar-refractivity contribution in [2.24, 2.45) is 10.9 Å². The Balaban J connectivity index is 1.58. The lowest BCUT2D eigenvalue weighted by molar-refractivity contribution is 0.287. The van der Waals surface area contributed by atoms with Crippen LogP contribution in [0.1, 0.15) is 51.9 Å². The molecule has 1 aliphatic carbocycles. The number of nitrogens with zero attached hydrogens (tertiary/aromatic N) is 2. The third-order valence-electron chi connectivity index (χ3n) is 4.73. The molecule has 2 aliphatic rings.